The number of carboxylic acids is 1. The van der Waals surface area contributed by atoms with E-state index in [4.69, 9.17) is 39.9 Å². The van der Waals surface area contributed by atoms with Crippen molar-refractivity contribution in [2.75, 3.05) is 0 Å². The molecule has 0 aromatic heterocycles. The third-order valence-electron chi connectivity index (χ3n) is 4.51. The summed E-state index contributed by atoms with van der Waals surface area (Å²) in [6.45, 7) is 1.05. The number of allylic oxidation sites excluding steroid dienone is 1. The van der Waals surface area contributed by atoms with Crippen LogP contribution in [0.5, 0.6) is 0 Å². The molecule has 2 aromatic carbocycles. The number of aliphatic carboxylic acids is 1. The molecular formula is C21H14Cl3F6NO3. The number of nitrogens with one attached hydrogen (secondary N) is 1. The van der Waals surface area contributed by atoms with Crippen molar-refractivity contribution in [2.24, 2.45) is 0 Å². The molecule has 1 amide bonds. The predicted molar refractivity (Wildman–Crippen MR) is 115 cm³/mol. The second kappa shape index (κ2) is 10.5. The van der Waals surface area contributed by atoms with Crippen molar-refractivity contribution in [2.45, 2.75) is 31.2 Å². The van der Waals surface area contributed by atoms with Gasteiger partial charge in [0.15, 0.2) is 0 Å². The van der Waals surface area contributed by atoms with E-state index in [-0.39, 0.29) is 20.6 Å². The molecule has 0 aliphatic rings. The first-order valence-corrected chi connectivity index (χ1v) is 10.3. The van der Waals surface area contributed by atoms with E-state index in [1.54, 1.807) is 0 Å². The lowest BCUT2D eigenvalue weighted by molar-refractivity contribution is -0.140. The molecule has 0 heterocycles. The molecule has 0 radical (unpaired) electrons. The van der Waals surface area contributed by atoms with Gasteiger partial charge in [0.25, 0.3) is 5.91 Å². The van der Waals surface area contributed by atoms with Gasteiger partial charge in [-0.05, 0) is 42.3 Å². The Morgan fingerprint density at radius 1 is 1.00 bits per heavy atom. The van der Waals surface area contributed by atoms with E-state index < -0.39 is 52.9 Å². The molecule has 0 saturated heterocycles. The average molecular weight is 549 g/mol. The lowest BCUT2D eigenvalue weighted by Crippen LogP contribution is -2.39. The van der Waals surface area contributed by atoms with Crippen LogP contribution in [0.15, 0.2) is 36.4 Å². The van der Waals surface area contributed by atoms with Gasteiger partial charge in [0.2, 0.25) is 0 Å². The number of hydrogen-bond acceptors (Lipinski definition) is 2. The molecule has 0 aliphatic carbocycles. The minimum Gasteiger partial charge on any atom is -0.480 e. The summed E-state index contributed by atoms with van der Waals surface area (Å²) in [5.41, 5.74) is -3.03. The van der Waals surface area contributed by atoms with Crippen molar-refractivity contribution in [1.29, 1.82) is 0 Å². The highest BCUT2D eigenvalue weighted by molar-refractivity contribution is 6.48. The van der Waals surface area contributed by atoms with Gasteiger partial charge in [-0.2, -0.15) is 26.3 Å². The van der Waals surface area contributed by atoms with Gasteiger partial charge < -0.3 is 10.4 Å². The summed E-state index contributed by atoms with van der Waals surface area (Å²) in [6.07, 6.45) is -8.50. The van der Waals surface area contributed by atoms with Crippen LogP contribution in [-0.2, 0) is 11.0 Å². The Hall–Kier alpha value is -2.43. The van der Waals surface area contributed by atoms with Gasteiger partial charge in [-0.1, -0.05) is 53.0 Å². The van der Waals surface area contributed by atoms with Crippen molar-refractivity contribution in [1.82, 2.24) is 5.32 Å². The molecular weight excluding hydrogens is 535 g/mol. The van der Waals surface area contributed by atoms with Crippen molar-refractivity contribution >= 4 is 52.8 Å². The Labute approximate surface area is 204 Å². The van der Waals surface area contributed by atoms with Crippen LogP contribution in [0, 0.1) is 0 Å². The number of amides is 1. The Morgan fingerprint density at radius 3 is 2.03 bits per heavy atom. The summed E-state index contributed by atoms with van der Waals surface area (Å²) in [5, 5.41) is 10.1. The second-order valence-corrected chi connectivity index (χ2v) is 8.21. The van der Waals surface area contributed by atoms with Crippen LogP contribution in [0.25, 0.3) is 6.08 Å². The van der Waals surface area contributed by atoms with E-state index in [0.717, 1.165) is 37.3 Å². The molecule has 184 valence electrons. The number of carbonyl (C=O) groups is 2. The van der Waals surface area contributed by atoms with Crippen LogP contribution in [0.3, 0.4) is 0 Å². The van der Waals surface area contributed by atoms with E-state index in [2.05, 4.69) is 0 Å². The molecule has 13 heteroatoms. The van der Waals surface area contributed by atoms with Crippen LogP contribution < -0.4 is 5.32 Å². The summed E-state index contributed by atoms with van der Waals surface area (Å²) in [4.78, 5) is 23.0. The molecule has 4 nitrogen and oxygen atoms in total. The summed E-state index contributed by atoms with van der Waals surface area (Å²) < 4.78 is 81.5. The first-order chi connectivity index (χ1) is 15.5. The lowest BCUT2D eigenvalue weighted by atomic mass is 9.96. The van der Waals surface area contributed by atoms with Crippen LogP contribution in [0.2, 0.25) is 15.1 Å². The van der Waals surface area contributed by atoms with Gasteiger partial charge in [0, 0.05) is 0 Å². The lowest BCUT2D eigenvalue weighted by Gasteiger charge is -2.19. The van der Waals surface area contributed by atoms with Gasteiger partial charge in [-0.25, -0.2) is 0 Å². The molecule has 2 N–H and O–H groups in total. The molecule has 0 bridgehead atoms. The maximum Gasteiger partial charge on any atom is 0.417 e. The maximum atomic E-state index is 13.6. The highest BCUT2D eigenvalue weighted by Crippen LogP contribution is 2.41. The van der Waals surface area contributed by atoms with E-state index in [0.29, 0.717) is 12.1 Å². The van der Waals surface area contributed by atoms with E-state index in [1.807, 2.05) is 5.32 Å². The van der Waals surface area contributed by atoms with E-state index in [1.165, 1.54) is 0 Å². The first-order valence-electron chi connectivity index (χ1n) is 9.16. The van der Waals surface area contributed by atoms with Gasteiger partial charge in [-0.15, -0.1) is 0 Å². The van der Waals surface area contributed by atoms with Crippen LogP contribution in [-0.4, -0.2) is 29.2 Å². The molecule has 0 fully saturated rings. The van der Waals surface area contributed by atoms with E-state index in [9.17, 15) is 35.9 Å². The normalized spacial score (nSPS) is 14.2. The monoisotopic (exact) mass is 547 g/mol. The molecule has 2 rings (SSSR count). The van der Waals surface area contributed by atoms with E-state index >= 15 is 0 Å². The number of carboxylic acid groups (broad SMARTS) is 1. The van der Waals surface area contributed by atoms with Crippen molar-refractivity contribution < 1.29 is 41.0 Å². The molecule has 2 aromatic rings. The smallest absolute Gasteiger partial charge is 0.417 e. The molecule has 0 saturated carbocycles. The fraction of sp³-hybridized carbons (Fsp3) is 0.238. The highest BCUT2D eigenvalue weighted by atomic mass is 35.5. The SMILES string of the molecule is CC(NC(=O)c1ccc(/C=C/C(c2cc(Cl)c(Cl)c(Cl)c2)C(F)(F)F)cc1C(F)(F)F)C(=O)O. The topological polar surface area (TPSA) is 66.4 Å². The number of hydrogen-bond donors (Lipinski definition) is 2. The Bertz CT molecular complexity index is 1110. The standard InChI is InChI=1S/C21H14Cl3F6NO3/c1-9(19(33)34)31-18(32)12-4-2-10(6-14(12)21(28,29)30)3-5-13(20(25,26)27)11-7-15(22)17(24)16(23)8-11/h2-9,13H,1H3,(H,31,32)(H,33,34)/b5-3+. The number of rotatable bonds is 6. The minimum absolute atomic E-state index is 0.155. The molecule has 2 unspecified atom stereocenters. The zero-order valence-corrected chi connectivity index (χ0v) is 19.1. The quantitative estimate of drug-likeness (QED) is 0.296. The molecule has 0 spiro atoms. The largest absolute Gasteiger partial charge is 0.480 e. The summed E-state index contributed by atoms with van der Waals surface area (Å²) in [5.74, 6) is -5.06. The van der Waals surface area contributed by atoms with Gasteiger partial charge in [0.1, 0.15) is 6.04 Å². The molecule has 34 heavy (non-hydrogen) atoms. The number of halogens is 9. The zero-order chi connectivity index (χ0) is 26.0. The third kappa shape index (κ3) is 6.80. The number of carbonyl (C=O) groups excluding carboxylic acids is 1. The minimum atomic E-state index is -5.05. The second-order valence-electron chi connectivity index (χ2n) is 7.01. The fourth-order valence-corrected chi connectivity index (χ4v) is 3.42. The Morgan fingerprint density at radius 2 is 1.56 bits per heavy atom. The molecule has 0 aliphatic heterocycles. The Balaban J connectivity index is 2.49. The Kier molecular flexibility index (Phi) is 8.55. The van der Waals surface area contributed by atoms with Gasteiger partial charge >= 0.3 is 18.3 Å². The number of benzene rings is 2. The van der Waals surface area contributed by atoms with Crippen LogP contribution in [0.4, 0.5) is 26.3 Å². The predicted octanol–water partition coefficient (Wildman–Crippen LogP) is 7.23. The summed E-state index contributed by atoms with van der Waals surface area (Å²) in [7, 11) is 0. The van der Waals surface area contributed by atoms with Gasteiger partial charge in [0.05, 0.1) is 32.1 Å². The zero-order valence-electron chi connectivity index (χ0n) is 16.9. The number of alkyl halides is 6. The fourth-order valence-electron chi connectivity index (χ4n) is 2.81. The van der Waals surface area contributed by atoms with Crippen LogP contribution in [0.1, 0.15) is 39.9 Å². The van der Waals surface area contributed by atoms with Crippen LogP contribution >= 0.6 is 34.8 Å². The van der Waals surface area contributed by atoms with Crippen molar-refractivity contribution in [3.05, 3.63) is 73.7 Å². The van der Waals surface area contributed by atoms with Crippen molar-refractivity contribution in [3.8, 4) is 0 Å². The third-order valence-corrected chi connectivity index (χ3v) is 5.71. The molecule has 2 atom stereocenters. The average Bonchev–Trinajstić information content (AvgIpc) is 2.70. The first kappa shape index (κ1) is 27.8. The summed E-state index contributed by atoms with van der Waals surface area (Å²) in [6, 6.07) is 2.62. The summed E-state index contributed by atoms with van der Waals surface area (Å²) >= 11 is 17.3. The maximum absolute atomic E-state index is 13.6. The van der Waals surface area contributed by atoms with Crippen molar-refractivity contribution in [3.63, 3.8) is 0 Å². The van der Waals surface area contributed by atoms with Gasteiger partial charge in [-0.3, -0.25) is 9.59 Å². The highest BCUT2D eigenvalue weighted by Gasteiger charge is 2.40.